The van der Waals surface area contributed by atoms with Crippen molar-refractivity contribution < 1.29 is 0 Å². The Kier molecular flexibility index (Phi) is 5.50. The van der Waals surface area contributed by atoms with Gasteiger partial charge in [-0.1, -0.05) is 48.9 Å². The van der Waals surface area contributed by atoms with Crippen LogP contribution < -0.4 is 0 Å². The largest absolute Gasteiger partial charge is 0.268 e. The van der Waals surface area contributed by atoms with E-state index in [9.17, 15) is 0 Å². The number of rotatable bonds is 6. The molecule has 1 unspecified atom stereocenters. The second-order valence-electron chi connectivity index (χ2n) is 4.79. The molecule has 0 fully saturated rings. The topological polar surface area (TPSA) is 17.8 Å². The zero-order valence-electron chi connectivity index (χ0n) is 11.9. The van der Waals surface area contributed by atoms with Gasteiger partial charge in [-0.05, 0) is 31.7 Å². The molecular formula is C16H20Cl2N2. The lowest BCUT2D eigenvalue weighted by molar-refractivity contribution is 0.601. The number of aryl methyl sites for hydroxylation is 2. The van der Waals surface area contributed by atoms with E-state index < -0.39 is 0 Å². The Labute approximate surface area is 130 Å². The van der Waals surface area contributed by atoms with Crippen molar-refractivity contribution in [2.75, 3.05) is 0 Å². The summed E-state index contributed by atoms with van der Waals surface area (Å²) in [7, 11) is 0. The Bertz CT molecular complexity index is 549. The van der Waals surface area contributed by atoms with Crippen molar-refractivity contribution in [3.05, 3.63) is 52.3 Å². The average Bonchev–Trinajstić information content (AvgIpc) is 2.81. The zero-order chi connectivity index (χ0) is 14.5. The number of hydrogen-bond donors (Lipinski definition) is 0. The fraction of sp³-hybridized carbons (Fsp3) is 0.438. The van der Waals surface area contributed by atoms with Crippen molar-refractivity contribution in [3.8, 4) is 0 Å². The standard InChI is InChI=1S/C16H20Cl2N2/c1-3-14-16(18)15(20(4-2)19-14)11-10-13(17)12-8-6-5-7-9-12/h5-9,13H,3-4,10-11H2,1-2H3. The maximum Gasteiger partial charge on any atom is 0.0849 e. The summed E-state index contributed by atoms with van der Waals surface area (Å²) in [6, 6.07) is 10.2. The maximum atomic E-state index is 6.47. The summed E-state index contributed by atoms with van der Waals surface area (Å²) in [6.45, 7) is 5.00. The predicted octanol–water partition coefficient (Wildman–Crippen LogP) is 5.03. The van der Waals surface area contributed by atoms with Crippen LogP contribution >= 0.6 is 23.2 Å². The molecule has 0 amide bonds. The lowest BCUT2D eigenvalue weighted by atomic mass is 10.1. The van der Waals surface area contributed by atoms with Crippen molar-refractivity contribution >= 4 is 23.2 Å². The second-order valence-corrected chi connectivity index (χ2v) is 5.70. The minimum Gasteiger partial charge on any atom is -0.268 e. The number of benzene rings is 1. The third kappa shape index (κ3) is 3.36. The molecule has 0 aliphatic rings. The van der Waals surface area contributed by atoms with E-state index in [-0.39, 0.29) is 5.38 Å². The molecule has 1 atom stereocenters. The molecule has 0 saturated heterocycles. The number of hydrogen-bond acceptors (Lipinski definition) is 1. The lowest BCUT2D eigenvalue weighted by Gasteiger charge is -2.11. The first-order valence-corrected chi connectivity index (χ1v) is 7.91. The van der Waals surface area contributed by atoms with Gasteiger partial charge in [0.15, 0.2) is 0 Å². The second kappa shape index (κ2) is 7.14. The first-order chi connectivity index (χ1) is 9.67. The van der Waals surface area contributed by atoms with E-state index >= 15 is 0 Å². The summed E-state index contributed by atoms with van der Waals surface area (Å²) in [5, 5.41) is 5.36. The summed E-state index contributed by atoms with van der Waals surface area (Å²) in [5.74, 6) is 0. The Morgan fingerprint density at radius 1 is 1.20 bits per heavy atom. The highest BCUT2D eigenvalue weighted by atomic mass is 35.5. The highest BCUT2D eigenvalue weighted by molar-refractivity contribution is 6.31. The molecule has 0 saturated carbocycles. The van der Waals surface area contributed by atoms with Gasteiger partial charge in [0.05, 0.1) is 21.8 Å². The molecule has 0 aliphatic heterocycles. The molecular weight excluding hydrogens is 291 g/mol. The third-order valence-corrected chi connectivity index (χ3v) is 4.40. The van der Waals surface area contributed by atoms with Crippen LogP contribution in [-0.4, -0.2) is 9.78 Å². The maximum absolute atomic E-state index is 6.47. The van der Waals surface area contributed by atoms with Crippen LogP contribution in [0.3, 0.4) is 0 Å². The molecule has 0 spiro atoms. The molecule has 0 radical (unpaired) electrons. The summed E-state index contributed by atoms with van der Waals surface area (Å²) < 4.78 is 2.00. The van der Waals surface area contributed by atoms with Crippen LogP contribution in [0.1, 0.15) is 42.6 Å². The summed E-state index contributed by atoms with van der Waals surface area (Å²) in [5.41, 5.74) is 3.24. The molecule has 0 bridgehead atoms. The van der Waals surface area contributed by atoms with E-state index in [1.165, 1.54) is 0 Å². The van der Waals surface area contributed by atoms with E-state index in [0.29, 0.717) is 0 Å². The smallest absolute Gasteiger partial charge is 0.0849 e. The highest BCUT2D eigenvalue weighted by Crippen LogP contribution is 2.29. The van der Waals surface area contributed by atoms with E-state index in [2.05, 4.69) is 31.1 Å². The van der Waals surface area contributed by atoms with Gasteiger partial charge in [0.2, 0.25) is 0 Å². The first-order valence-electron chi connectivity index (χ1n) is 7.10. The fourth-order valence-electron chi connectivity index (χ4n) is 2.35. The summed E-state index contributed by atoms with van der Waals surface area (Å²) in [4.78, 5) is 0. The van der Waals surface area contributed by atoms with Crippen LogP contribution in [0.5, 0.6) is 0 Å². The van der Waals surface area contributed by atoms with E-state index in [1.54, 1.807) is 0 Å². The van der Waals surface area contributed by atoms with Gasteiger partial charge in [0.1, 0.15) is 0 Å². The van der Waals surface area contributed by atoms with Crippen molar-refractivity contribution in [1.29, 1.82) is 0 Å². The van der Waals surface area contributed by atoms with Gasteiger partial charge in [0, 0.05) is 6.54 Å². The Balaban J connectivity index is 2.09. The molecule has 2 nitrogen and oxygen atoms in total. The average molecular weight is 311 g/mol. The molecule has 1 aromatic heterocycles. The van der Waals surface area contributed by atoms with Gasteiger partial charge >= 0.3 is 0 Å². The zero-order valence-corrected chi connectivity index (χ0v) is 13.5. The normalized spacial score (nSPS) is 12.6. The Hall–Kier alpha value is -0.990. The van der Waals surface area contributed by atoms with Gasteiger partial charge in [-0.15, -0.1) is 11.6 Å². The van der Waals surface area contributed by atoms with Crippen LogP contribution in [0.15, 0.2) is 30.3 Å². The monoisotopic (exact) mass is 310 g/mol. The van der Waals surface area contributed by atoms with Gasteiger partial charge in [-0.3, -0.25) is 4.68 Å². The predicted molar refractivity (Wildman–Crippen MR) is 85.6 cm³/mol. The lowest BCUT2D eigenvalue weighted by Crippen LogP contribution is -2.04. The van der Waals surface area contributed by atoms with Crippen molar-refractivity contribution in [3.63, 3.8) is 0 Å². The van der Waals surface area contributed by atoms with Gasteiger partial charge in [-0.2, -0.15) is 5.10 Å². The SMILES string of the molecule is CCc1nn(CC)c(CCC(Cl)c2ccccc2)c1Cl. The molecule has 4 heteroatoms. The van der Waals surface area contributed by atoms with Crippen molar-refractivity contribution in [1.82, 2.24) is 9.78 Å². The number of nitrogens with zero attached hydrogens (tertiary/aromatic N) is 2. The van der Waals surface area contributed by atoms with Gasteiger partial charge in [0.25, 0.3) is 0 Å². The number of alkyl halides is 1. The fourth-order valence-corrected chi connectivity index (χ4v) is 2.97. The van der Waals surface area contributed by atoms with Crippen molar-refractivity contribution in [2.24, 2.45) is 0 Å². The van der Waals surface area contributed by atoms with Crippen LogP contribution in [0.4, 0.5) is 0 Å². The third-order valence-electron chi connectivity index (χ3n) is 3.49. The molecule has 2 rings (SSSR count). The minimum absolute atomic E-state index is 0.0116. The summed E-state index contributed by atoms with van der Waals surface area (Å²) >= 11 is 12.9. The molecule has 0 N–H and O–H groups in total. The van der Waals surface area contributed by atoms with Crippen LogP contribution in [-0.2, 0) is 19.4 Å². The van der Waals surface area contributed by atoms with E-state index in [1.807, 2.05) is 22.9 Å². The molecule has 20 heavy (non-hydrogen) atoms. The quantitative estimate of drug-likeness (QED) is 0.684. The molecule has 1 aromatic carbocycles. The van der Waals surface area contributed by atoms with Gasteiger partial charge in [-0.25, -0.2) is 0 Å². The minimum atomic E-state index is 0.0116. The molecule has 0 aliphatic carbocycles. The summed E-state index contributed by atoms with van der Waals surface area (Å²) in [6.07, 6.45) is 2.57. The number of halogens is 2. The molecule has 2 aromatic rings. The van der Waals surface area contributed by atoms with Gasteiger partial charge < -0.3 is 0 Å². The van der Waals surface area contributed by atoms with Crippen LogP contribution in [0.25, 0.3) is 0 Å². The van der Waals surface area contributed by atoms with E-state index in [0.717, 1.165) is 47.8 Å². The number of aromatic nitrogens is 2. The van der Waals surface area contributed by atoms with Crippen LogP contribution in [0.2, 0.25) is 5.02 Å². The highest BCUT2D eigenvalue weighted by Gasteiger charge is 2.16. The van der Waals surface area contributed by atoms with E-state index in [4.69, 9.17) is 23.2 Å². The molecule has 1 heterocycles. The van der Waals surface area contributed by atoms with Crippen LogP contribution in [0, 0.1) is 0 Å². The Morgan fingerprint density at radius 2 is 1.90 bits per heavy atom. The van der Waals surface area contributed by atoms with Crippen molar-refractivity contribution in [2.45, 2.75) is 45.0 Å². The first kappa shape index (κ1) is 15.4. The Morgan fingerprint density at radius 3 is 2.50 bits per heavy atom. The molecule has 108 valence electrons.